The summed E-state index contributed by atoms with van der Waals surface area (Å²) in [6, 6.07) is 14.9. The fourth-order valence-corrected chi connectivity index (χ4v) is 3.43. The first-order chi connectivity index (χ1) is 12.6. The molecule has 26 heavy (non-hydrogen) atoms. The quantitative estimate of drug-likeness (QED) is 0.609. The Labute approximate surface area is 151 Å². The summed E-state index contributed by atoms with van der Waals surface area (Å²) in [4.78, 5) is 15.2. The molecule has 0 radical (unpaired) electrons. The van der Waals surface area contributed by atoms with Crippen LogP contribution in [-0.4, -0.2) is 11.3 Å². The molecule has 1 aromatic heterocycles. The van der Waals surface area contributed by atoms with E-state index in [1.54, 1.807) is 6.07 Å². The monoisotopic (exact) mass is 349 g/mol. The molecule has 0 bridgehead atoms. The molecule has 2 unspecified atom stereocenters. The second-order valence-electron chi connectivity index (χ2n) is 6.99. The summed E-state index contributed by atoms with van der Waals surface area (Å²) in [6.07, 6.45) is 2.66. The van der Waals surface area contributed by atoms with Gasteiger partial charge in [-0.2, -0.15) is 0 Å². The molecule has 2 aromatic carbocycles. The number of aryl methyl sites for hydroxylation is 1. The van der Waals surface area contributed by atoms with E-state index in [4.69, 9.17) is 4.74 Å². The number of fused-ring (bicyclic) bond motifs is 1. The summed E-state index contributed by atoms with van der Waals surface area (Å²) in [7, 11) is 0. The molecule has 0 saturated heterocycles. The van der Waals surface area contributed by atoms with E-state index in [9.17, 15) is 9.18 Å². The van der Waals surface area contributed by atoms with Crippen LogP contribution in [0.1, 0.15) is 23.2 Å². The molecule has 1 aliphatic carbocycles. The van der Waals surface area contributed by atoms with Crippen LogP contribution in [0.25, 0.3) is 10.9 Å². The van der Waals surface area contributed by atoms with Gasteiger partial charge in [-0.05, 0) is 55.5 Å². The van der Waals surface area contributed by atoms with Gasteiger partial charge in [-0.3, -0.25) is 4.98 Å². The summed E-state index contributed by atoms with van der Waals surface area (Å²) >= 11 is 0. The van der Waals surface area contributed by atoms with Crippen LogP contribution in [0.2, 0.25) is 0 Å². The predicted octanol–water partition coefficient (Wildman–Crippen LogP) is 4.64. The number of ether oxygens (including phenoxy) is 1. The predicted molar refractivity (Wildman–Crippen MR) is 98.6 cm³/mol. The van der Waals surface area contributed by atoms with Gasteiger partial charge in [0, 0.05) is 22.6 Å². The average Bonchev–Trinajstić information content (AvgIpc) is 3.38. The van der Waals surface area contributed by atoms with Crippen LogP contribution < -0.4 is 4.74 Å². The maximum atomic E-state index is 14.4. The van der Waals surface area contributed by atoms with Gasteiger partial charge in [0.2, 0.25) is 0 Å². The number of rotatable bonds is 6. The van der Waals surface area contributed by atoms with E-state index < -0.39 is 0 Å². The van der Waals surface area contributed by atoms with E-state index in [-0.39, 0.29) is 24.1 Å². The molecule has 0 amide bonds. The second kappa shape index (κ2) is 6.87. The van der Waals surface area contributed by atoms with Gasteiger partial charge in [0.25, 0.3) is 0 Å². The van der Waals surface area contributed by atoms with Crippen LogP contribution in [0.15, 0.2) is 48.5 Å². The fourth-order valence-electron chi connectivity index (χ4n) is 3.43. The second-order valence-corrected chi connectivity index (χ2v) is 6.99. The Kier molecular flexibility index (Phi) is 4.41. The molecule has 0 spiro atoms. The summed E-state index contributed by atoms with van der Waals surface area (Å²) in [6.45, 7) is 2.23. The average molecular weight is 349 g/mol. The number of halogens is 1. The van der Waals surface area contributed by atoms with E-state index in [1.807, 2.05) is 43.3 Å². The molecule has 0 N–H and O–H groups in total. The van der Waals surface area contributed by atoms with Crippen LogP contribution in [0, 0.1) is 24.6 Å². The summed E-state index contributed by atoms with van der Waals surface area (Å²) in [5, 5.41) is 1.02. The van der Waals surface area contributed by atoms with Gasteiger partial charge in [0.15, 0.2) is 11.6 Å². The minimum atomic E-state index is -0.360. The number of para-hydroxylation sites is 1. The maximum absolute atomic E-state index is 14.4. The Balaban J connectivity index is 1.49. The van der Waals surface area contributed by atoms with Crippen molar-refractivity contribution in [1.29, 1.82) is 0 Å². The lowest BCUT2D eigenvalue weighted by Gasteiger charge is -2.11. The number of aldehydes is 1. The maximum Gasteiger partial charge on any atom is 0.165 e. The largest absolute Gasteiger partial charge is 0.486 e. The topological polar surface area (TPSA) is 39.2 Å². The first-order valence-electron chi connectivity index (χ1n) is 8.86. The van der Waals surface area contributed by atoms with Crippen LogP contribution in [-0.2, 0) is 17.8 Å². The smallest absolute Gasteiger partial charge is 0.165 e. The highest BCUT2D eigenvalue weighted by molar-refractivity contribution is 5.82. The number of aromatic nitrogens is 1. The molecule has 3 aromatic rings. The Morgan fingerprint density at radius 3 is 2.85 bits per heavy atom. The van der Waals surface area contributed by atoms with Crippen molar-refractivity contribution in [2.24, 2.45) is 11.8 Å². The van der Waals surface area contributed by atoms with Crippen molar-refractivity contribution in [3.8, 4) is 5.75 Å². The third kappa shape index (κ3) is 3.45. The first kappa shape index (κ1) is 16.7. The third-order valence-corrected chi connectivity index (χ3v) is 4.96. The van der Waals surface area contributed by atoms with Crippen LogP contribution in [0.5, 0.6) is 5.75 Å². The SMILES string of the molecule is Cc1cc(COc2ccc(CC3CC3C=O)cc2F)c2ccccc2n1. The number of nitrogens with zero attached hydrogens (tertiary/aromatic N) is 1. The van der Waals surface area contributed by atoms with Crippen molar-refractivity contribution in [3.63, 3.8) is 0 Å². The number of pyridine rings is 1. The standard InChI is InChI=1S/C22H20FNO2/c1-14-8-18(19-4-2-3-5-21(19)24-14)13-26-22-7-6-15(10-20(22)23)9-16-11-17(16)12-25/h2-8,10,12,16-17H,9,11,13H2,1H3. The molecular weight excluding hydrogens is 329 g/mol. The number of carbonyl (C=O) groups excluding carboxylic acids is 1. The lowest BCUT2D eigenvalue weighted by atomic mass is 10.1. The van der Waals surface area contributed by atoms with Crippen LogP contribution >= 0.6 is 0 Å². The molecule has 4 rings (SSSR count). The Morgan fingerprint density at radius 1 is 1.23 bits per heavy atom. The zero-order valence-corrected chi connectivity index (χ0v) is 14.6. The Morgan fingerprint density at radius 2 is 2.08 bits per heavy atom. The van der Waals surface area contributed by atoms with Gasteiger partial charge in [0.1, 0.15) is 12.9 Å². The van der Waals surface area contributed by atoms with Gasteiger partial charge in [0.05, 0.1) is 5.52 Å². The van der Waals surface area contributed by atoms with E-state index in [1.165, 1.54) is 6.07 Å². The molecule has 1 heterocycles. The van der Waals surface area contributed by atoms with Crippen molar-refractivity contribution in [1.82, 2.24) is 4.98 Å². The number of hydrogen-bond acceptors (Lipinski definition) is 3. The van der Waals surface area contributed by atoms with E-state index in [0.717, 1.165) is 46.9 Å². The molecule has 1 fully saturated rings. The lowest BCUT2D eigenvalue weighted by molar-refractivity contribution is -0.109. The van der Waals surface area contributed by atoms with Gasteiger partial charge >= 0.3 is 0 Å². The zero-order valence-electron chi connectivity index (χ0n) is 14.6. The zero-order chi connectivity index (χ0) is 18.1. The molecule has 2 atom stereocenters. The Bertz CT molecular complexity index is 970. The molecule has 0 aliphatic heterocycles. The van der Waals surface area contributed by atoms with Gasteiger partial charge < -0.3 is 9.53 Å². The summed E-state index contributed by atoms with van der Waals surface area (Å²) in [5.74, 6) is 0.401. The first-order valence-corrected chi connectivity index (χ1v) is 8.86. The van der Waals surface area contributed by atoms with Crippen molar-refractivity contribution in [2.75, 3.05) is 0 Å². The molecule has 1 aliphatic rings. The van der Waals surface area contributed by atoms with Crippen molar-refractivity contribution in [2.45, 2.75) is 26.4 Å². The van der Waals surface area contributed by atoms with Crippen molar-refractivity contribution >= 4 is 17.2 Å². The highest BCUT2D eigenvalue weighted by atomic mass is 19.1. The van der Waals surface area contributed by atoms with Gasteiger partial charge in [-0.25, -0.2) is 4.39 Å². The lowest BCUT2D eigenvalue weighted by Crippen LogP contribution is -2.01. The third-order valence-electron chi connectivity index (χ3n) is 4.96. The van der Waals surface area contributed by atoms with Crippen LogP contribution in [0.4, 0.5) is 4.39 Å². The molecule has 132 valence electrons. The van der Waals surface area contributed by atoms with Crippen molar-refractivity contribution in [3.05, 3.63) is 71.2 Å². The van der Waals surface area contributed by atoms with E-state index >= 15 is 0 Å². The molecule has 3 nitrogen and oxygen atoms in total. The molecule has 4 heteroatoms. The van der Waals surface area contributed by atoms with Gasteiger partial charge in [-0.15, -0.1) is 0 Å². The fraction of sp³-hybridized carbons (Fsp3) is 0.273. The number of benzene rings is 2. The Hall–Kier alpha value is -2.75. The minimum Gasteiger partial charge on any atom is -0.486 e. The van der Waals surface area contributed by atoms with E-state index in [2.05, 4.69) is 4.98 Å². The van der Waals surface area contributed by atoms with E-state index in [0.29, 0.717) is 5.92 Å². The summed E-state index contributed by atoms with van der Waals surface area (Å²) in [5.41, 5.74) is 3.72. The normalized spacial score (nSPS) is 18.7. The number of carbonyl (C=O) groups is 1. The highest BCUT2D eigenvalue weighted by Crippen LogP contribution is 2.39. The summed E-state index contributed by atoms with van der Waals surface area (Å²) < 4.78 is 20.1. The number of hydrogen-bond donors (Lipinski definition) is 0. The van der Waals surface area contributed by atoms with Gasteiger partial charge in [-0.1, -0.05) is 24.3 Å². The van der Waals surface area contributed by atoms with Crippen LogP contribution in [0.3, 0.4) is 0 Å². The van der Waals surface area contributed by atoms with Crippen molar-refractivity contribution < 1.29 is 13.9 Å². The molecular formula is C22H20FNO2. The highest BCUT2D eigenvalue weighted by Gasteiger charge is 2.36. The minimum absolute atomic E-state index is 0.150. The molecule has 1 saturated carbocycles.